The van der Waals surface area contributed by atoms with Gasteiger partial charge in [-0.25, -0.2) is 0 Å². The molecule has 0 aromatic heterocycles. The van der Waals surface area contributed by atoms with Crippen LogP contribution in [0.2, 0.25) is 0 Å². The first-order valence-electron chi connectivity index (χ1n) is 7.60. The molecule has 0 aliphatic carbocycles. The molecule has 0 heterocycles. The normalized spacial score (nSPS) is 11.1. The van der Waals surface area contributed by atoms with Crippen molar-refractivity contribution in [1.29, 1.82) is 0 Å². The van der Waals surface area contributed by atoms with Crippen molar-refractivity contribution in [2.75, 3.05) is 0 Å². The molecule has 0 saturated heterocycles. The van der Waals surface area contributed by atoms with Crippen LogP contribution < -0.4 is 0 Å². The van der Waals surface area contributed by atoms with Crippen LogP contribution in [0.5, 0.6) is 0 Å². The first-order chi connectivity index (χ1) is 9.54. The molecule has 1 aromatic carbocycles. The Balaban J connectivity index is 0.00000400. The van der Waals surface area contributed by atoms with Crippen molar-refractivity contribution in [1.82, 2.24) is 0 Å². The third-order valence-electron chi connectivity index (χ3n) is 3.54. The van der Waals surface area contributed by atoms with Gasteiger partial charge in [-0.3, -0.25) is 4.55 Å². The van der Waals surface area contributed by atoms with Gasteiger partial charge in [0.15, 0.2) is 0 Å². The van der Waals surface area contributed by atoms with E-state index in [9.17, 15) is 8.42 Å². The van der Waals surface area contributed by atoms with Crippen molar-refractivity contribution in [3.05, 3.63) is 29.8 Å². The molecular formula is C16H26NaO3S. The molecule has 0 atom stereocenters. The number of unbranched alkanes of at least 4 members (excludes halogenated alkanes) is 7. The minimum absolute atomic E-state index is 0. The Morgan fingerprint density at radius 1 is 0.857 bits per heavy atom. The third kappa shape index (κ3) is 9.69. The summed E-state index contributed by atoms with van der Waals surface area (Å²) in [6.07, 6.45) is 11.3. The number of rotatable bonds is 10. The van der Waals surface area contributed by atoms with E-state index in [0.29, 0.717) is 0 Å². The number of benzene rings is 1. The molecule has 0 spiro atoms. The van der Waals surface area contributed by atoms with E-state index in [1.165, 1.54) is 57.1 Å². The zero-order valence-corrected chi connectivity index (χ0v) is 16.2. The number of hydrogen-bond donors (Lipinski definition) is 1. The summed E-state index contributed by atoms with van der Waals surface area (Å²) in [4.78, 5) is -0.0304. The van der Waals surface area contributed by atoms with Crippen LogP contribution in [0, 0.1) is 0 Å². The average molecular weight is 321 g/mol. The molecule has 21 heavy (non-hydrogen) atoms. The van der Waals surface area contributed by atoms with Gasteiger partial charge in [0.25, 0.3) is 10.1 Å². The molecule has 1 radical (unpaired) electrons. The van der Waals surface area contributed by atoms with E-state index in [1.54, 1.807) is 12.1 Å². The first kappa shape index (κ1) is 21.1. The second-order valence-electron chi connectivity index (χ2n) is 5.34. The van der Waals surface area contributed by atoms with Gasteiger partial charge in [0.1, 0.15) is 0 Å². The Labute approximate surface area is 151 Å². The van der Waals surface area contributed by atoms with Gasteiger partial charge in [-0.05, 0) is 30.5 Å². The van der Waals surface area contributed by atoms with Crippen molar-refractivity contribution in [2.24, 2.45) is 0 Å². The van der Waals surface area contributed by atoms with Crippen LogP contribution in [-0.4, -0.2) is 42.5 Å². The minimum atomic E-state index is -4.06. The summed E-state index contributed by atoms with van der Waals surface area (Å²) in [7, 11) is -4.06. The van der Waals surface area contributed by atoms with E-state index in [4.69, 9.17) is 4.55 Å². The predicted molar refractivity (Wildman–Crippen MR) is 88.3 cm³/mol. The van der Waals surface area contributed by atoms with E-state index < -0.39 is 10.1 Å². The second-order valence-corrected chi connectivity index (χ2v) is 6.77. The first-order valence-corrected chi connectivity index (χ1v) is 9.04. The van der Waals surface area contributed by atoms with Gasteiger partial charge in [0.05, 0.1) is 4.90 Å². The Kier molecular flexibility index (Phi) is 11.7. The van der Waals surface area contributed by atoms with Crippen molar-refractivity contribution in [3.8, 4) is 0 Å². The molecule has 5 heteroatoms. The molecule has 1 rings (SSSR count). The van der Waals surface area contributed by atoms with Gasteiger partial charge in [0, 0.05) is 29.6 Å². The molecule has 0 amide bonds. The largest absolute Gasteiger partial charge is 0.294 e. The summed E-state index contributed by atoms with van der Waals surface area (Å²) in [6, 6.07) is 6.50. The molecule has 0 unspecified atom stereocenters. The quantitative estimate of drug-likeness (QED) is 0.398. The Morgan fingerprint density at radius 3 is 1.81 bits per heavy atom. The summed E-state index contributed by atoms with van der Waals surface area (Å²) < 4.78 is 30.7. The number of aryl methyl sites for hydroxylation is 1. The van der Waals surface area contributed by atoms with Crippen molar-refractivity contribution in [2.45, 2.75) is 69.6 Å². The van der Waals surface area contributed by atoms with Crippen molar-refractivity contribution in [3.63, 3.8) is 0 Å². The zero-order chi connectivity index (χ0) is 14.8. The van der Waals surface area contributed by atoms with Gasteiger partial charge in [-0.2, -0.15) is 8.42 Å². The Morgan fingerprint density at radius 2 is 1.33 bits per heavy atom. The fraction of sp³-hybridized carbons (Fsp3) is 0.625. The fourth-order valence-corrected chi connectivity index (χ4v) is 2.77. The maximum Gasteiger partial charge on any atom is 0.294 e. The molecule has 1 N–H and O–H groups in total. The Bertz CT molecular complexity index is 469. The SMILES string of the molecule is CCCCCCCCCCc1ccc(S(=O)(=O)O)cc1.[Na]. The second kappa shape index (κ2) is 11.7. The summed E-state index contributed by atoms with van der Waals surface area (Å²) in [5.41, 5.74) is 1.13. The van der Waals surface area contributed by atoms with E-state index >= 15 is 0 Å². The smallest absolute Gasteiger partial charge is 0.282 e. The summed E-state index contributed by atoms with van der Waals surface area (Å²) in [6.45, 7) is 2.23. The van der Waals surface area contributed by atoms with Gasteiger partial charge in [-0.15, -0.1) is 0 Å². The molecular weight excluding hydrogens is 295 g/mol. The Hall–Kier alpha value is 0.130. The molecule has 3 nitrogen and oxygen atoms in total. The predicted octanol–water partition coefficient (Wildman–Crippen LogP) is 4.24. The van der Waals surface area contributed by atoms with Gasteiger partial charge in [0.2, 0.25) is 0 Å². The zero-order valence-electron chi connectivity index (χ0n) is 13.3. The van der Waals surface area contributed by atoms with Gasteiger partial charge in [-0.1, -0.05) is 64.0 Å². The monoisotopic (exact) mass is 321 g/mol. The van der Waals surface area contributed by atoms with Crippen LogP contribution in [0.4, 0.5) is 0 Å². The fourth-order valence-electron chi connectivity index (χ4n) is 2.29. The minimum Gasteiger partial charge on any atom is -0.282 e. The molecule has 0 fully saturated rings. The summed E-state index contributed by atoms with van der Waals surface area (Å²) >= 11 is 0. The van der Waals surface area contributed by atoms with E-state index in [2.05, 4.69) is 6.92 Å². The van der Waals surface area contributed by atoms with Crippen LogP contribution in [0.1, 0.15) is 63.9 Å². The van der Waals surface area contributed by atoms with Crippen LogP contribution in [-0.2, 0) is 16.5 Å². The molecule has 0 saturated carbocycles. The molecule has 0 bridgehead atoms. The molecule has 115 valence electrons. The van der Waals surface area contributed by atoms with Crippen LogP contribution >= 0.6 is 0 Å². The van der Waals surface area contributed by atoms with Crippen LogP contribution in [0.3, 0.4) is 0 Å². The molecule has 0 aliphatic rings. The van der Waals surface area contributed by atoms with E-state index in [-0.39, 0.29) is 34.5 Å². The summed E-state index contributed by atoms with van der Waals surface area (Å²) in [5, 5.41) is 0. The van der Waals surface area contributed by atoms with Gasteiger partial charge < -0.3 is 0 Å². The molecule has 0 aliphatic heterocycles. The number of hydrogen-bond acceptors (Lipinski definition) is 2. The van der Waals surface area contributed by atoms with Crippen molar-refractivity contribution >= 4 is 39.7 Å². The van der Waals surface area contributed by atoms with Crippen molar-refractivity contribution < 1.29 is 13.0 Å². The van der Waals surface area contributed by atoms with Gasteiger partial charge >= 0.3 is 0 Å². The standard InChI is InChI=1S/C16H26O3S.Na/c1-2-3-4-5-6-7-8-9-10-15-11-13-16(14-12-15)20(17,18)19;/h11-14H,2-10H2,1H3,(H,17,18,19);. The van der Waals surface area contributed by atoms with E-state index in [0.717, 1.165) is 18.4 Å². The maximum absolute atomic E-state index is 10.9. The topological polar surface area (TPSA) is 54.4 Å². The third-order valence-corrected chi connectivity index (χ3v) is 4.41. The van der Waals surface area contributed by atoms with Crippen LogP contribution in [0.25, 0.3) is 0 Å². The maximum atomic E-state index is 10.9. The molecule has 1 aromatic rings. The summed E-state index contributed by atoms with van der Waals surface area (Å²) in [5.74, 6) is 0. The van der Waals surface area contributed by atoms with E-state index in [1.807, 2.05) is 0 Å². The average Bonchev–Trinajstić information content (AvgIpc) is 2.41. The van der Waals surface area contributed by atoms with Crippen LogP contribution in [0.15, 0.2) is 29.2 Å².